The van der Waals surface area contributed by atoms with Crippen LogP contribution in [0.5, 0.6) is 11.5 Å². The van der Waals surface area contributed by atoms with Crippen LogP contribution in [0.4, 0.5) is 0 Å². The lowest BCUT2D eigenvalue weighted by atomic mass is 9.71. The summed E-state index contributed by atoms with van der Waals surface area (Å²) in [5.74, 6) is 1.17. The van der Waals surface area contributed by atoms with Crippen LogP contribution in [0.15, 0.2) is 18.2 Å². The van der Waals surface area contributed by atoms with Crippen LogP contribution < -0.4 is 9.47 Å². The van der Waals surface area contributed by atoms with Gasteiger partial charge in [-0.15, -0.1) is 0 Å². The molecule has 0 fully saturated rings. The molecular weight excluding hydrogens is 228 g/mol. The van der Waals surface area contributed by atoms with Crippen LogP contribution in [0.1, 0.15) is 40.2 Å². The largest absolute Gasteiger partial charge is 0.487 e. The smallest absolute Gasteiger partial charge is 0.308 e. The third-order valence-electron chi connectivity index (χ3n) is 3.92. The van der Waals surface area contributed by atoms with E-state index in [0.717, 1.165) is 17.7 Å². The number of benzene rings is 1. The van der Waals surface area contributed by atoms with Crippen LogP contribution >= 0.6 is 0 Å². The monoisotopic (exact) mass is 248 g/mol. The molecule has 3 nitrogen and oxygen atoms in total. The molecule has 0 amide bonds. The lowest BCUT2D eigenvalue weighted by Gasteiger charge is -2.46. The standard InChI is InChI=1S/C15H20O3/c1-10(16)17-12-6-7-13-11(8-12)9-14(2,3)15(4,5)18-13/h6-8H,9H2,1-5H3. The number of esters is 1. The van der Waals surface area contributed by atoms with Crippen LogP contribution in [-0.2, 0) is 11.2 Å². The van der Waals surface area contributed by atoms with Gasteiger partial charge in [-0.05, 0) is 44.0 Å². The van der Waals surface area contributed by atoms with Crippen molar-refractivity contribution in [2.75, 3.05) is 0 Å². The van der Waals surface area contributed by atoms with Gasteiger partial charge >= 0.3 is 5.97 Å². The number of carbonyl (C=O) groups excluding carboxylic acids is 1. The Morgan fingerprint density at radius 1 is 1.28 bits per heavy atom. The van der Waals surface area contributed by atoms with E-state index < -0.39 is 0 Å². The first-order valence-electron chi connectivity index (χ1n) is 6.22. The summed E-state index contributed by atoms with van der Waals surface area (Å²) in [6, 6.07) is 5.55. The molecule has 0 unspecified atom stereocenters. The zero-order valence-electron chi connectivity index (χ0n) is 11.7. The minimum atomic E-state index is -0.300. The van der Waals surface area contributed by atoms with Crippen molar-refractivity contribution < 1.29 is 14.3 Å². The zero-order valence-corrected chi connectivity index (χ0v) is 11.7. The first-order valence-corrected chi connectivity index (χ1v) is 6.22. The Labute approximate surface area is 108 Å². The second kappa shape index (κ2) is 4.01. The van der Waals surface area contributed by atoms with E-state index in [1.807, 2.05) is 12.1 Å². The maximum atomic E-state index is 11.0. The van der Waals surface area contributed by atoms with E-state index in [-0.39, 0.29) is 17.0 Å². The van der Waals surface area contributed by atoms with Crippen LogP contribution in [0, 0.1) is 5.41 Å². The van der Waals surface area contributed by atoms with E-state index in [1.165, 1.54) is 6.92 Å². The molecule has 3 heteroatoms. The molecule has 1 aliphatic heterocycles. The zero-order chi connectivity index (χ0) is 13.6. The van der Waals surface area contributed by atoms with Crippen LogP contribution in [-0.4, -0.2) is 11.6 Å². The highest BCUT2D eigenvalue weighted by molar-refractivity contribution is 5.69. The van der Waals surface area contributed by atoms with Crippen LogP contribution in [0.2, 0.25) is 0 Å². The predicted octanol–water partition coefficient (Wildman–Crippen LogP) is 3.35. The van der Waals surface area contributed by atoms with Gasteiger partial charge in [-0.1, -0.05) is 13.8 Å². The summed E-state index contributed by atoms with van der Waals surface area (Å²) >= 11 is 0. The normalized spacial score (nSPS) is 19.6. The van der Waals surface area contributed by atoms with Gasteiger partial charge in [0.1, 0.15) is 17.1 Å². The van der Waals surface area contributed by atoms with Crippen LogP contribution in [0.25, 0.3) is 0 Å². The summed E-state index contributed by atoms with van der Waals surface area (Å²) in [6.45, 7) is 10.00. The summed E-state index contributed by atoms with van der Waals surface area (Å²) in [4.78, 5) is 11.0. The third kappa shape index (κ3) is 2.22. The van der Waals surface area contributed by atoms with Crippen molar-refractivity contribution in [2.45, 2.75) is 46.6 Å². The Morgan fingerprint density at radius 3 is 2.56 bits per heavy atom. The van der Waals surface area contributed by atoms with E-state index in [1.54, 1.807) is 6.07 Å². The molecule has 1 aromatic carbocycles. The molecule has 1 aliphatic rings. The average Bonchev–Trinajstić information content (AvgIpc) is 2.18. The molecule has 1 heterocycles. The highest BCUT2D eigenvalue weighted by atomic mass is 16.5. The number of hydrogen-bond acceptors (Lipinski definition) is 3. The molecular formula is C15H20O3. The Hall–Kier alpha value is -1.51. The van der Waals surface area contributed by atoms with Gasteiger partial charge in [-0.3, -0.25) is 4.79 Å². The number of ether oxygens (including phenoxy) is 2. The Balaban J connectivity index is 2.36. The van der Waals surface area contributed by atoms with Gasteiger partial charge in [0.2, 0.25) is 0 Å². The molecule has 18 heavy (non-hydrogen) atoms. The fourth-order valence-corrected chi connectivity index (χ4v) is 2.13. The van der Waals surface area contributed by atoms with Crippen molar-refractivity contribution in [2.24, 2.45) is 5.41 Å². The van der Waals surface area contributed by atoms with Crippen molar-refractivity contribution >= 4 is 5.97 Å². The number of fused-ring (bicyclic) bond motifs is 1. The maximum Gasteiger partial charge on any atom is 0.308 e. The molecule has 0 atom stereocenters. The minimum absolute atomic E-state index is 0.0366. The van der Waals surface area contributed by atoms with Crippen molar-refractivity contribution in [3.8, 4) is 11.5 Å². The van der Waals surface area contributed by atoms with Crippen LogP contribution in [0.3, 0.4) is 0 Å². The molecule has 0 spiro atoms. The van der Waals surface area contributed by atoms with E-state index in [0.29, 0.717) is 5.75 Å². The molecule has 0 saturated carbocycles. The Kier molecular flexibility index (Phi) is 2.88. The van der Waals surface area contributed by atoms with Gasteiger partial charge in [-0.2, -0.15) is 0 Å². The first kappa shape index (κ1) is 12.9. The number of hydrogen-bond donors (Lipinski definition) is 0. The molecule has 0 aromatic heterocycles. The summed E-state index contributed by atoms with van der Waals surface area (Å²) < 4.78 is 11.2. The fraction of sp³-hybridized carbons (Fsp3) is 0.533. The van der Waals surface area contributed by atoms with Gasteiger partial charge in [0.15, 0.2) is 0 Å². The lowest BCUT2D eigenvalue weighted by Crippen LogP contribution is -2.48. The quantitative estimate of drug-likeness (QED) is 0.564. The average molecular weight is 248 g/mol. The summed E-state index contributed by atoms with van der Waals surface area (Å²) in [5, 5.41) is 0. The van der Waals surface area contributed by atoms with E-state index in [9.17, 15) is 4.79 Å². The topological polar surface area (TPSA) is 35.5 Å². The highest BCUT2D eigenvalue weighted by Crippen LogP contribution is 2.45. The van der Waals surface area contributed by atoms with Gasteiger partial charge in [0.25, 0.3) is 0 Å². The first-order chi connectivity index (χ1) is 8.21. The molecule has 0 aliphatic carbocycles. The van der Waals surface area contributed by atoms with Crippen molar-refractivity contribution in [3.05, 3.63) is 23.8 Å². The summed E-state index contributed by atoms with van der Waals surface area (Å²) in [5.41, 5.74) is 0.927. The van der Waals surface area contributed by atoms with Gasteiger partial charge < -0.3 is 9.47 Å². The second-order valence-electron chi connectivity index (χ2n) is 6.04. The van der Waals surface area contributed by atoms with Crippen molar-refractivity contribution in [3.63, 3.8) is 0 Å². The highest BCUT2D eigenvalue weighted by Gasteiger charge is 2.43. The maximum absolute atomic E-state index is 11.0. The van der Waals surface area contributed by atoms with Gasteiger partial charge in [0, 0.05) is 12.3 Å². The summed E-state index contributed by atoms with van der Waals surface area (Å²) in [7, 11) is 0. The SMILES string of the molecule is CC(=O)Oc1ccc2c(c1)CC(C)(C)C(C)(C)O2. The molecule has 98 valence electrons. The second-order valence-corrected chi connectivity index (χ2v) is 6.04. The van der Waals surface area contributed by atoms with E-state index >= 15 is 0 Å². The predicted molar refractivity (Wildman–Crippen MR) is 69.9 cm³/mol. The summed E-state index contributed by atoms with van der Waals surface area (Å²) in [6.07, 6.45) is 0.907. The van der Waals surface area contributed by atoms with E-state index in [2.05, 4.69) is 27.7 Å². The number of carbonyl (C=O) groups is 1. The molecule has 1 aromatic rings. The minimum Gasteiger partial charge on any atom is -0.487 e. The molecule has 0 saturated heterocycles. The van der Waals surface area contributed by atoms with E-state index in [4.69, 9.17) is 9.47 Å². The third-order valence-corrected chi connectivity index (χ3v) is 3.92. The molecule has 2 rings (SSSR count). The Morgan fingerprint density at radius 2 is 1.94 bits per heavy atom. The fourth-order valence-electron chi connectivity index (χ4n) is 2.13. The van der Waals surface area contributed by atoms with Crippen molar-refractivity contribution in [1.82, 2.24) is 0 Å². The lowest BCUT2D eigenvalue weighted by molar-refractivity contribution is -0.131. The molecule has 0 radical (unpaired) electrons. The Bertz CT molecular complexity index is 487. The van der Waals surface area contributed by atoms with Gasteiger partial charge in [-0.25, -0.2) is 0 Å². The molecule has 0 bridgehead atoms. The molecule has 0 N–H and O–H groups in total. The van der Waals surface area contributed by atoms with Crippen molar-refractivity contribution in [1.29, 1.82) is 0 Å². The van der Waals surface area contributed by atoms with Gasteiger partial charge in [0.05, 0.1) is 0 Å². The number of rotatable bonds is 1.